The van der Waals surface area contributed by atoms with E-state index < -0.39 is 11.9 Å². The Morgan fingerprint density at radius 1 is 1.17 bits per heavy atom. The topological polar surface area (TPSA) is 70.5 Å². The molecule has 0 aliphatic carbocycles. The van der Waals surface area contributed by atoms with E-state index in [0.29, 0.717) is 13.1 Å². The second-order valence-electron chi connectivity index (χ2n) is 5.35. The third-order valence-electron chi connectivity index (χ3n) is 3.75. The van der Waals surface area contributed by atoms with E-state index in [1.54, 1.807) is 17.3 Å². The molecule has 5 heteroatoms. The van der Waals surface area contributed by atoms with E-state index in [0.717, 1.165) is 16.7 Å². The molecule has 1 atom stereocenters. The number of carbonyl (C=O) groups is 2. The lowest BCUT2D eigenvalue weighted by molar-refractivity contribution is -0.150. The van der Waals surface area contributed by atoms with Crippen LogP contribution in [0.15, 0.2) is 48.8 Å². The van der Waals surface area contributed by atoms with Gasteiger partial charge < -0.3 is 10.0 Å². The van der Waals surface area contributed by atoms with Crippen LogP contribution in [0.4, 0.5) is 0 Å². The molecule has 0 aliphatic rings. The number of aliphatic carboxylic acids is 1. The van der Waals surface area contributed by atoms with Crippen LogP contribution < -0.4 is 0 Å². The molecular formula is C18H20N2O3. The lowest BCUT2D eigenvalue weighted by Crippen LogP contribution is -2.37. The minimum absolute atomic E-state index is 0.366. The standard InChI is InChI=1S/C18H20N2O3/c1-3-20(17(21)13(2)18(22)23)12-14-5-4-6-16(11-14)15-7-9-19-10-8-15/h4-11,13H,3,12H2,1-2H3,(H,22,23). The molecule has 2 rings (SSSR count). The van der Waals surface area contributed by atoms with Gasteiger partial charge in [-0.2, -0.15) is 0 Å². The van der Waals surface area contributed by atoms with E-state index in [-0.39, 0.29) is 5.91 Å². The molecule has 0 fully saturated rings. The van der Waals surface area contributed by atoms with E-state index in [1.165, 1.54) is 6.92 Å². The fourth-order valence-corrected chi connectivity index (χ4v) is 2.34. The van der Waals surface area contributed by atoms with Gasteiger partial charge in [0.1, 0.15) is 5.92 Å². The average molecular weight is 312 g/mol. The number of carbonyl (C=O) groups excluding carboxylic acids is 1. The van der Waals surface area contributed by atoms with E-state index in [1.807, 2.05) is 43.3 Å². The van der Waals surface area contributed by atoms with E-state index >= 15 is 0 Å². The van der Waals surface area contributed by atoms with Crippen LogP contribution in [0.3, 0.4) is 0 Å². The second-order valence-corrected chi connectivity index (χ2v) is 5.35. The number of nitrogens with zero attached hydrogens (tertiary/aromatic N) is 2. The first-order valence-electron chi connectivity index (χ1n) is 7.54. The zero-order valence-corrected chi connectivity index (χ0v) is 13.3. The van der Waals surface area contributed by atoms with Crippen molar-refractivity contribution in [3.05, 3.63) is 54.4 Å². The highest BCUT2D eigenvalue weighted by Crippen LogP contribution is 2.20. The maximum atomic E-state index is 12.2. The van der Waals surface area contributed by atoms with Gasteiger partial charge in [-0.05, 0) is 48.7 Å². The Labute approximate surface area is 135 Å². The smallest absolute Gasteiger partial charge is 0.315 e. The Hall–Kier alpha value is -2.69. The summed E-state index contributed by atoms with van der Waals surface area (Å²) in [4.78, 5) is 28.8. The highest BCUT2D eigenvalue weighted by molar-refractivity contribution is 5.96. The summed E-state index contributed by atoms with van der Waals surface area (Å²) in [6.07, 6.45) is 3.47. The molecule has 0 spiro atoms. The van der Waals surface area contributed by atoms with Crippen molar-refractivity contribution >= 4 is 11.9 Å². The van der Waals surface area contributed by atoms with Gasteiger partial charge in [0.05, 0.1) is 0 Å². The Bertz CT molecular complexity index is 686. The molecule has 1 unspecified atom stereocenters. The number of amides is 1. The Morgan fingerprint density at radius 3 is 2.48 bits per heavy atom. The average Bonchev–Trinajstić information content (AvgIpc) is 2.59. The van der Waals surface area contributed by atoms with Crippen molar-refractivity contribution < 1.29 is 14.7 Å². The van der Waals surface area contributed by atoms with Gasteiger partial charge in [0.2, 0.25) is 5.91 Å². The molecule has 1 aromatic heterocycles. The number of hydrogen-bond donors (Lipinski definition) is 1. The van der Waals surface area contributed by atoms with E-state index in [4.69, 9.17) is 5.11 Å². The van der Waals surface area contributed by atoms with Crippen LogP contribution in [-0.2, 0) is 16.1 Å². The number of aromatic nitrogens is 1. The van der Waals surface area contributed by atoms with Crippen molar-refractivity contribution in [3.63, 3.8) is 0 Å². The minimum atomic E-state index is -1.10. The van der Waals surface area contributed by atoms with Crippen LogP contribution in [-0.4, -0.2) is 33.4 Å². The van der Waals surface area contributed by atoms with Crippen LogP contribution in [0, 0.1) is 5.92 Å². The summed E-state index contributed by atoms with van der Waals surface area (Å²) in [5.74, 6) is -2.49. The number of rotatable bonds is 6. The van der Waals surface area contributed by atoms with Gasteiger partial charge in [0.25, 0.3) is 0 Å². The molecule has 1 amide bonds. The van der Waals surface area contributed by atoms with Gasteiger partial charge in [0.15, 0.2) is 0 Å². The Kier molecular flexibility index (Phi) is 5.46. The fourth-order valence-electron chi connectivity index (χ4n) is 2.34. The summed E-state index contributed by atoms with van der Waals surface area (Å²) in [5.41, 5.74) is 3.06. The summed E-state index contributed by atoms with van der Waals surface area (Å²) >= 11 is 0. The SMILES string of the molecule is CCN(Cc1cccc(-c2ccncc2)c1)C(=O)C(C)C(=O)O. The number of hydrogen-bond acceptors (Lipinski definition) is 3. The summed E-state index contributed by atoms with van der Waals surface area (Å²) in [6.45, 7) is 4.13. The molecule has 0 radical (unpaired) electrons. The molecule has 0 saturated carbocycles. The van der Waals surface area contributed by atoms with Gasteiger partial charge in [-0.25, -0.2) is 0 Å². The van der Waals surface area contributed by atoms with Gasteiger partial charge in [-0.1, -0.05) is 18.2 Å². The van der Waals surface area contributed by atoms with Crippen LogP contribution in [0.25, 0.3) is 11.1 Å². The first kappa shape index (κ1) is 16.7. The number of pyridine rings is 1. The molecule has 0 bridgehead atoms. The normalized spacial score (nSPS) is 11.7. The first-order chi connectivity index (χ1) is 11.0. The van der Waals surface area contributed by atoms with Crippen molar-refractivity contribution in [3.8, 4) is 11.1 Å². The predicted molar refractivity (Wildman–Crippen MR) is 87.6 cm³/mol. The van der Waals surface area contributed by atoms with Crippen molar-refractivity contribution in [1.82, 2.24) is 9.88 Å². The predicted octanol–water partition coefficient (Wildman–Crippen LogP) is 2.82. The largest absolute Gasteiger partial charge is 0.481 e. The molecule has 120 valence electrons. The first-order valence-corrected chi connectivity index (χ1v) is 7.54. The molecule has 5 nitrogen and oxygen atoms in total. The molecule has 0 saturated heterocycles. The second kappa shape index (κ2) is 7.54. The van der Waals surface area contributed by atoms with Crippen molar-refractivity contribution in [2.75, 3.05) is 6.54 Å². The maximum Gasteiger partial charge on any atom is 0.315 e. The molecule has 1 heterocycles. The maximum absolute atomic E-state index is 12.2. The van der Waals surface area contributed by atoms with Crippen molar-refractivity contribution in [2.45, 2.75) is 20.4 Å². The molecule has 0 aliphatic heterocycles. The highest BCUT2D eigenvalue weighted by Gasteiger charge is 2.25. The molecule has 1 N–H and O–H groups in total. The van der Waals surface area contributed by atoms with Crippen molar-refractivity contribution in [1.29, 1.82) is 0 Å². The van der Waals surface area contributed by atoms with Crippen LogP contribution in [0.1, 0.15) is 19.4 Å². The van der Waals surface area contributed by atoms with Gasteiger partial charge in [-0.3, -0.25) is 14.6 Å². The third kappa shape index (κ3) is 4.16. The van der Waals surface area contributed by atoms with Gasteiger partial charge in [-0.15, -0.1) is 0 Å². The Balaban J connectivity index is 2.19. The van der Waals surface area contributed by atoms with Crippen LogP contribution in [0.2, 0.25) is 0 Å². The van der Waals surface area contributed by atoms with Crippen LogP contribution in [0.5, 0.6) is 0 Å². The third-order valence-corrected chi connectivity index (χ3v) is 3.75. The number of benzene rings is 1. The monoisotopic (exact) mass is 312 g/mol. The number of carboxylic acids is 1. The summed E-state index contributed by atoms with van der Waals surface area (Å²) in [6, 6.07) is 11.7. The summed E-state index contributed by atoms with van der Waals surface area (Å²) in [5, 5.41) is 9.00. The Morgan fingerprint density at radius 2 is 1.87 bits per heavy atom. The van der Waals surface area contributed by atoms with Crippen molar-refractivity contribution in [2.24, 2.45) is 5.92 Å². The summed E-state index contributed by atoms with van der Waals surface area (Å²) < 4.78 is 0. The zero-order valence-electron chi connectivity index (χ0n) is 13.3. The highest BCUT2D eigenvalue weighted by atomic mass is 16.4. The molecular weight excluding hydrogens is 292 g/mol. The lowest BCUT2D eigenvalue weighted by Gasteiger charge is -2.23. The summed E-state index contributed by atoms with van der Waals surface area (Å²) in [7, 11) is 0. The quantitative estimate of drug-likeness (QED) is 0.833. The molecule has 1 aromatic carbocycles. The van der Waals surface area contributed by atoms with Crippen LogP contribution >= 0.6 is 0 Å². The van der Waals surface area contributed by atoms with E-state index in [9.17, 15) is 9.59 Å². The zero-order chi connectivity index (χ0) is 16.8. The number of carboxylic acid groups (broad SMARTS) is 1. The fraction of sp³-hybridized carbons (Fsp3) is 0.278. The minimum Gasteiger partial charge on any atom is -0.481 e. The molecule has 23 heavy (non-hydrogen) atoms. The van der Waals surface area contributed by atoms with Gasteiger partial charge >= 0.3 is 5.97 Å². The van der Waals surface area contributed by atoms with E-state index in [2.05, 4.69) is 4.98 Å². The van der Waals surface area contributed by atoms with Gasteiger partial charge in [0, 0.05) is 25.5 Å². The lowest BCUT2D eigenvalue weighted by atomic mass is 10.0. The molecule has 2 aromatic rings.